The molecule has 1 atom stereocenters. The average molecular weight is 288 g/mol. The molecule has 0 saturated carbocycles. The van der Waals surface area contributed by atoms with Gasteiger partial charge in [-0.15, -0.1) is 0 Å². The Morgan fingerprint density at radius 2 is 2.29 bits per heavy atom. The van der Waals surface area contributed by atoms with Crippen LogP contribution in [0.5, 0.6) is 0 Å². The molecule has 0 radical (unpaired) electrons. The van der Waals surface area contributed by atoms with E-state index in [4.69, 9.17) is 0 Å². The fourth-order valence-corrected chi connectivity index (χ4v) is 2.89. The van der Waals surface area contributed by atoms with Crippen LogP contribution < -0.4 is 0 Å². The van der Waals surface area contributed by atoms with Gasteiger partial charge in [-0.05, 0) is 18.6 Å². The standard InChI is InChI=1S/C15H20N4O2/c1-3-4-14(20)7-11-5-6-19(16-11)13-8-12-9-18(10-13)15(21)17(12)2/h5-6,8,12H,3-4,7,9-10H2,1-2H3. The molecule has 1 unspecified atom stereocenters. The number of hydrogen-bond acceptors (Lipinski definition) is 3. The number of Topliss-reactive ketones (excluding diaryl/α,β-unsaturated/α-hetero) is 1. The lowest BCUT2D eigenvalue weighted by Gasteiger charge is -2.21. The van der Waals surface area contributed by atoms with Gasteiger partial charge in [0.15, 0.2) is 0 Å². The highest BCUT2D eigenvalue weighted by molar-refractivity contribution is 5.81. The summed E-state index contributed by atoms with van der Waals surface area (Å²) in [4.78, 5) is 27.2. The van der Waals surface area contributed by atoms with Crippen LogP contribution in [0.15, 0.2) is 18.3 Å². The van der Waals surface area contributed by atoms with Crippen molar-refractivity contribution in [3.05, 3.63) is 24.0 Å². The van der Waals surface area contributed by atoms with Crippen LogP contribution in [0.4, 0.5) is 4.79 Å². The Morgan fingerprint density at radius 3 is 3.00 bits per heavy atom. The summed E-state index contributed by atoms with van der Waals surface area (Å²) in [7, 11) is 1.82. The van der Waals surface area contributed by atoms with Crippen molar-refractivity contribution in [2.45, 2.75) is 32.2 Å². The van der Waals surface area contributed by atoms with E-state index in [1.807, 2.05) is 31.1 Å². The van der Waals surface area contributed by atoms with Gasteiger partial charge in [-0.25, -0.2) is 9.48 Å². The summed E-state index contributed by atoms with van der Waals surface area (Å²) in [5.74, 6) is 0.221. The minimum absolute atomic E-state index is 0.0664. The van der Waals surface area contributed by atoms with E-state index in [-0.39, 0.29) is 17.9 Å². The van der Waals surface area contributed by atoms with Crippen LogP contribution in [0.25, 0.3) is 5.70 Å². The predicted molar refractivity (Wildman–Crippen MR) is 78.6 cm³/mol. The van der Waals surface area contributed by atoms with Crippen LogP contribution in [-0.2, 0) is 11.2 Å². The third-order valence-corrected chi connectivity index (χ3v) is 4.06. The number of hydrogen-bond donors (Lipinski definition) is 0. The van der Waals surface area contributed by atoms with E-state index in [9.17, 15) is 9.59 Å². The number of amides is 2. The summed E-state index contributed by atoms with van der Waals surface area (Å²) in [6.45, 7) is 3.33. The van der Waals surface area contributed by atoms with Crippen molar-refractivity contribution in [1.82, 2.24) is 19.6 Å². The first-order valence-corrected chi connectivity index (χ1v) is 7.37. The van der Waals surface area contributed by atoms with Gasteiger partial charge in [-0.3, -0.25) is 4.79 Å². The van der Waals surface area contributed by atoms with Crippen molar-refractivity contribution in [2.24, 2.45) is 0 Å². The Hall–Kier alpha value is -2.11. The summed E-state index contributed by atoms with van der Waals surface area (Å²) in [6.07, 6.45) is 5.82. The van der Waals surface area contributed by atoms with Crippen molar-refractivity contribution >= 4 is 17.5 Å². The number of aromatic nitrogens is 2. The molecule has 1 aromatic heterocycles. The average Bonchev–Trinajstić information content (AvgIpc) is 3.00. The van der Waals surface area contributed by atoms with Gasteiger partial charge in [0, 0.05) is 26.2 Å². The fourth-order valence-electron chi connectivity index (χ4n) is 2.89. The molecule has 112 valence electrons. The van der Waals surface area contributed by atoms with Crippen molar-refractivity contribution in [2.75, 3.05) is 20.1 Å². The summed E-state index contributed by atoms with van der Waals surface area (Å²) >= 11 is 0. The van der Waals surface area contributed by atoms with Gasteiger partial charge in [-0.1, -0.05) is 6.92 Å². The van der Waals surface area contributed by atoms with Crippen molar-refractivity contribution < 1.29 is 9.59 Å². The Morgan fingerprint density at radius 1 is 1.48 bits per heavy atom. The molecule has 3 rings (SSSR count). The molecule has 2 amide bonds. The van der Waals surface area contributed by atoms with Gasteiger partial charge in [0.05, 0.1) is 30.4 Å². The van der Waals surface area contributed by atoms with Crippen LogP contribution in [0, 0.1) is 0 Å². The molecule has 21 heavy (non-hydrogen) atoms. The highest BCUT2D eigenvalue weighted by atomic mass is 16.2. The second-order valence-corrected chi connectivity index (χ2v) is 5.72. The minimum Gasteiger partial charge on any atom is -0.319 e. The maximum absolute atomic E-state index is 11.9. The maximum atomic E-state index is 11.9. The maximum Gasteiger partial charge on any atom is 0.320 e. The van der Waals surface area contributed by atoms with Crippen LogP contribution in [0.3, 0.4) is 0 Å². The van der Waals surface area contributed by atoms with E-state index in [2.05, 4.69) is 11.2 Å². The zero-order chi connectivity index (χ0) is 15.0. The Kier molecular flexibility index (Phi) is 3.53. The second-order valence-electron chi connectivity index (χ2n) is 5.72. The SMILES string of the molecule is CCCC(=O)Cc1ccn(C2=CC3CN(C2)C(=O)N3C)n1. The van der Waals surface area contributed by atoms with Gasteiger partial charge in [-0.2, -0.15) is 5.10 Å². The normalized spacial score (nSPS) is 21.0. The Balaban J connectivity index is 1.74. The predicted octanol–water partition coefficient (Wildman–Crippen LogP) is 1.39. The Labute approximate surface area is 124 Å². The fraction of sp³-hybridized carbons (Fsp3) is 0.533. The quantitative estimate of drug-likeness (QED) is 0.822. The van der Waals surface area contributed by atoms with Gasteiger partial charge in [0.1, 0.15) is 5.78 Å². The summed E-state index contributed by atoms with van der Waals surface area (Å²) in [6, 6.07) is 2.07. The molecule has 1 aromatic rings. The molecule has 0 aliphatic carbocycles. The lowest BCUT2D eigenvalue weighted by atomic mass is 10.1. The zero-order valence-corrected chi connectivity index (χ0v) is 12.5. The molecule has 0 N–H and O–H groups in total. The molecular formula is C15H20N4O2. The lowest BCUT2D eigenvalue weighted by Crippen LogP contribution is -2.31. The molecule has 2 aliphatic rings. The third-order valence-electron chi connectivity index (χ3n) is 4.06. The molecule has 1 fully saturated rings. The first kappa shape index (κ1) is 13.9. The van der Waals surface area contributed by atoms with Crippen LogP contribution in [-0.4, -0.2) is 57.6 Å². The highest BCUT2D eigenvalue weighted by Gasteiger charge is 2.37. The molecule has 2 aliphatic heterocycles. The van der Waals surface area contributed by atoms with E-state index in [1.54, 1.807) is 9.58 Å². The zero-order valence-electron chi connectivity index (χ0n) is 12.5. The first-order valence-electron chi connectivity index (χ1n) is 7.37. The molecule has 6 nitrogen and oxygen atoms in total. The largest absolute Gasteiger partial charge is 0.320 e. The number of nitrogens with zero attached hydrogens (tertiary/aromatic N) is 4. The van der Waals surface area contributed by atoms with E-state index in [0.29, 0.717) is 19.4 Å². The lowest BCUT2D eigenvalue weighted by molar-refractivity contribution is -0.118. The van der Waals surface area contributed by atoms with Crippen LogP contribution in [0.2, 0.25) is 0 Å². The van der Waals surface area contributed by atoms with E-state index in [1.165, 1.54) is 0 Å². The number of likely N-dealkylation sites (N-methyl/N-ethyl adjacent to an activating group) is 1. The van der Waals surface area contributed by atoms with Crippen LogP contribution >= 0.6 is 0 Å². The summed E-state index contributed by atoms with van der Waals surface area (Å²) in [5.41, 5.74) is 1.79. The van der Waals surface area contributed by atoms with Gasteiger partial charge < -0.3 is 9.80 Å². The Bertz CT molecular complexity index is 605. The molecule has 3 heterocycles. The molecule has 6 heteroatoms. The molecule has 0 spiro atoms. The monoisotopic (exact) mass is 288 g/mol. The number of ketones is 1. The van der Waals surface area contributed by atoms with Gasteiger partial charge >= 0.3 is 6.03 Å². The number of urea groups is 1. The van der Waals surface area contributed by atoms with Crippen molar-refractivity contribution in [3.8, 4) is 0 Å². The van der Waals surface area contributed by atoms with Crippen molar-refractivity contribution in [1.29, 1.82) is 0 Å². The number of carbonyl (C=O) groups excluding carboxylic acids is 2. The summed E-state index contributed by atoms with van der Waals surface area (Å²) in [5, 5.41) is 4.47. The van der Waals surface area contributed by atoms with Gasteiger partial charge in [0.25, 0.3) is 0 Å². The van der Waals surface area contributed by atoms with E-state index >= 15 is 0 Å². The van der Waals surface area contributed by atoms with Crippen molar-refractivity contribution in [3.63, 3.8) is 0 Å². The highest BCUT2D eigenvalue weighted by Crippen LogP contribution is 2.24. The number of rotatable bonds is 5. The number of carbonyl (C=O) groups is 2. The molecule has 0 aromatic carbocycles. The smallest absolute Gasteiger partial charge is 0.319 e. The number of fused-ring (bicyclic) bond motifs is 2. The molecular weight excluding hydrogens is 268 g/mol. The van der Waals surface area contributed by atoms with Crippen LogP contribution in [0.1, 0.15) is 25.5 Å². The topological polar surface area (TPSA) is 58.4 Å². The third kappa shape index (κ3) is 2.57. The minimum atomic E-state index is 0.0664. The van der Waals surface area contributed by atoms with E-state index < -0.39 is 0 Å². The van der Waals surface area contributed by atoms with Gasteiger partial charge in [0.2, 0.25) is 0 Å². The molecule has 2 bridgehead atoms. The van der Waals surface area contributed by atoms with E-state index in [0.717, 1.165) is 24.4 Å². The molecule has 1 saturated heterocycles. The first-order chi connectivity index (χ1) is 10.1. The summed E-state index contributed by atoms with van der Waals surface area (Å²) < 4.78 is 1.79. The second kappa shape index (κ2) is 5.35.